The van der Waals surface area contributed by atoms with Gasteiger partial charge < -0.3 is 9.47 Å². The van der Waals surface area contributed by atoms with Gasteiger partial charge in [-0.25, -0.2) is 0 Å². The summed E-state index contributed by atoms with van der Waals surface area (Å²) in [6.45, 7) is 4.71. The van der Waals surface area contributed by atoms with Crippen LogP contribution in [-0.2, 0) is 5.41 Å². The zero-order valence-corrected chi connectivity index (χ0v) is 42.9. The van der Waals surface area contributed by atoms with Crippen molar-refractivity contribution < 1.29 is 0 Å². The molecule has 348 valence electrons. The first-order chi connectivity index (χ1) is 35.9. The number of fused-ring (bicyclic) bond motifs is 8. The van der Waals surface area contributed by atoms with E-state index in [-0.39, 0.29) is 5.41 Å². The molecule has 0 aliphatic heterocycles. The topological polar surface area (TPSA) is 8.17 Å². The number of hydrogen-bond acceptors (Lipinski definition) is 2. The molecule has 11 aromatic carbocycles. The summed E-state index contributed by atoms with van der Waals surface area (Å²) < 4.78 is 3.57. The van der Waals surface area contributed by atoms with E-state index in [4.69, 9.17) is 0 Å². The van der Waals surface area contributed by atoms with E-state index in [9.17, 15) is 0 Å². The van der Waals surface area contributed by atoms with Crippen LogP contribution in [0.25, 0.3) is 92.2 Å². The zero-order valence-electron chi connectivity index (χ0n) is 40.5. The van der Waals surface area contributed by atoms with Gasteiger partial charge in [-0.2, -0.15) is 0 Å². The Morgan fingerprint density at radius 3 is 1.71 bits per heavy atom. The Morgan fingerprint density at radius 2 is 0.945 bits per heavy atom. The second-order valence-electron chi connectivity index (χ2n) is 19.4. The van der Waals surface area contributed by atoms with Crippen LogP contribution in [0.2, 0.25) is 0 Å². The minimum absolute atomic E-state index is 0.0506. The molecule has 0 radical (unpaired) electrons. The molecule has 0 spiro atoms. The standard InChI is InChI=1S/C59H42N2S.C10H7Br/c1-59(2)52-22-12-11-21-48(52)49-31-26-42(37-53(49)59)39-24-28-45(29-25-39)60(54-23-13-17-40-14-9-10-20-47(40)54)46-30-33-56-51(38-46)50-36-43(27-32-55(50)61(56)44-18-7-4-8-19-44)58-35-34-57(62-58)41-15-5-3-6-16-41;11-10-7-3-5-8-4-1-2-6-9(8)10/h3-38H,1-2H3;1-7H. The summed E-state index contributed by atoms with van der Waals surface area (Å²) in [6.07, 6.45) is 0. The molecule has 4 heteroatoms. The highest BCUT2D eigenvalue weighted by Gasteiger charge is 2.35. The van der Waals surface area contributed by atoms with Crippen molar-refractivity contribution in [2.24, 2.45) is 0 Å². The molecule has 14 rings (SSSR count). The predicted octanol–water partition coefficient (Wildman–Crippen LogP) is 20.4. The fraction of sp³-hybridized carbons (Fsp3) is 0.0435. The number of thiophene rings is 1. The Morgan fingerprint density at radius 1 is 0.384 bits per heavy atom. The molecule has 0 saturated carbocycles. The van der Waals surface area contributed by atoms with Crippen LogP contribution in [0, 0.1) is 0 Å². The summed E-state index contributed by atoms with van der Waals surface area (Å²) in [6, 6.07) is 94.9. The number of anilines is 3. The van der Waals surface area contributed by atoms with Gasteiger partial charge in [0, 0.05) is 52.9 Å². The Labute approximate surface area is 438 Å². The second kappa shape index (κ2) is 18.4. The zero-order chi connectivity index (χ0) is 49.0. The molecule has 13 aromatic rings. The monoisotopic (exact) mass is 1020 g/mol. The van der Waals surface area contributed by atoms with Crippen LogP contribution < -0.4 is 4.90 Å². The van der Waals surface area contributed by atoms with Crippen molar-refractivity contribution in [1.82, 2.24) is 4.57 Å². The van der Waals surface area contributed by atoms with E-state index in [1.54, 1.807) is 0 Å². The SMILES string of the molecule is Brc1cccc2ccccc12.CC1(C)c2ccccc2-c2ccc(-c3ccc(N(c4ccc5c(c4)c4cc(-c6ccc(-c7ccccc7)s6)ccc4n5-c4ccccc4)c4cccc5ccccc45)cc3)cc21. The van der Waals surface area contributed by atoms with Crippen molar-refractivity contribution in [3.8, 4) is 48.8 Å². The molecule has 0 fully saturated rings. The molecule has 0 atom stereocenters. The van der Waals surface area contributed by atoms with Crippen LogP contribution in [0.4, 0.5) is 17.1 Å². The van der Waals surface area contributed by atoms with Crippen molar-refractivity contribution in [2.45, 2.75) is 19.3 Å². The minimum atomic E-state index is -0.0506. The average Bonchev–Trinajstić information content (AvgIpc) is 4.13. The van der Waals surface area contributed by atoms with Gasteiger partial charge in [0.1, 0.15) is 0 Å². The lowest BCUT2D eigenvalue weighted by Crippen LogP contribution is -2.14. The molecule has 0 saturated heterocycles. The second-order valence-corrected chi connectivity index (χ2v) is 21.3. The van der Waals surface area contributed by atoms with Crippen LogP contribution in [0.5, 0.6) is 0 Å². The van der Waals surface area contributed by atoms with Crippen LogP contribution >= 0.6 is 27.3 Å². The minimum Gasteiger partial charge on any atom is -0.310 e. The summed E-state index contributed by atoms with van der Waals surface area (Å²) >= 11 is 5.34. The van der Waals surface area contributed by atoms with Gasteiger partial charge >= 0.3 is 0 Å². The molecule has 0 unspecified atom stereocenters. The molecular formula is C69H49BrN2S. The van der Waals surface area contributed by atoms with E-state index >= 15 is 0 Å². The summed E-state index contributed by atoms with van der Waals surface area (Å²) in [5, 5.41) is 7.42. The average molecular weight is 1020 g/mol. The Kier molecular flexibility index (Phi) is 11.3. The van der Waals surface area contributed by atoms with Gasteiger partial charge in [0.2, 0.25) is 0 Å². The van der Waals surface area contributed by atoms with Crippen LogP contribution in [-0.4, -0.2) is 4.57 Å². The van der Waals surface area contributed by atoms with E-state index in [1.807, 2.05) is 23.5 Å². The lowest BCUT2D eigenvalue weighted by molar-refractivity contribution is 0.660. The van der Waals surface area contributed by atoms with Gasteiger partial charge in [0.15, 0.2) is 0 Å². The maximum Gasteiger partial charge on any atom is 0.0542 e. The van der Waals surface area contributed by atoms with E-state index in [0.29, 0.717) is 0 Å². The summed E-state index contributed by atoms with van der Waals surface area (Å²) in [5.74, 6) is 0. The smallest absolute Gasteiger partial charge is 0.0542 e. The lowest BCUT2D eigenvalue weighted by Gasteiger charge is -2.27. The van der Waals surface area contributed by atoms with Gasteiger partial charge in [-0.1, -0.05) is 206 Å². The number of benzene rings is 11. The molecular weight excluding hydrogens is 969 g/mol. The molecule has 1 aliphatic carbocycles. The quantitative estimate of drug-likeness (QED) is 0.154. The van der Waals surface area contributed by atoms with E-state index in [0.717, 1.165) is 27.2 Å². The highest BCUT2D eigenvalue weighted by Crippen LogP contribution is 2.50. The van der Waals surface area contributed by atoms with E-state index < -0.39 is 0 Å². The molecule has 73 heavy (non-hydrogen) atoms. The Hall–Kier alpha value is -8.28. The molecule has 0 N–H and O–H groups in total. The van der Waals surface area contributed by atoms with E-state index in [2.05, 4.69) is 288 Å². The summed E-state index contributed by atoms with van der Waals surface area (Å²) in [5.41, 5.74) is 17.2. The van der Waals surface area contributed by atoms with Gasteiger partial charge in [-0.15, -0.1) is 11.3 Å². The fourth-order valence-electron chi connectivity index (χ4n) is 11.1. The number of rotatable bonds is 7. The van der Waals surface area contributed by atoms with Gasteiger partial charge in [-0.05, 0) is 146 Å². The van der Waals surface area contributed by atoms with Gasteiger partial charge in [0.25, 0.3) is 0 Å². The number of aromatic nitrogens is 1. The number of halogens is 1. The molecule has 2 aromatic heterocycles. The first-order valence-corrected chi connectivity index (χ1v) is 26.5. The van der Waals surface area contributed by atoms with Crippen molar-refractivity contribution in [1.29, 1.82) is 0 Å². The third-order valence-electron chi connectivity index (χ3n) is 14.8. The first-order valence-electron chi connectivity index (χ1n) is 24.9. The molecule has 0 amide bonds. The summed E-state index contributed by atoms with van der Waals surface area (Å²) in [7, 11) is 0. The highest BCUT2D eigenvalue weighted by atomic mass is 79.9. The van der Waals surface area contributed by atoms with Crippen molar-refractivity contribution in [3.05, 3.63) is 276 Å². The van der Waals surface area contributed by atoms with Crippen LogP contribution in [0.15, 0.2) is 265 Å². The molecule has 0 bridgehead atoms. The van der Waals surface area contributed by atoms with Crippen molar-refractivity contribution in [3.63, 3.8) is 0 Å². The number of hydrogen-bond donors (Lipinski definition) is 0. The number of nitrogens with zero attached hydrogens (tertiary/aromatic N) is 2. The number of para-hydroxylation sites is 1. The maximum atomic E-state index is 3.50. The lowest BCUT2D eigenvalue weighted by atomic mass is 9.81. The Balaban J connectivity index is 0.000000415. The molecule has 1 aliphatic rings. The predicted molar refractivity (Wildman–Crippen MR) is 316 cm³/mol. The summed E-state index contributed by atoms with van der Waals surface area (Å²) in [4.78, 5) is 4.98. The molecule has 2 nitrogen and oxygen atoms in total. The van der Waals surface area contributed by atoms with Crippen LogP contribution in [0.3, 0.4) is 0 Å². The van der Waals surface area contributed by atoms with Crippen LogP contribution in [0.1, 0.15) is 25.0 Å². The fourth-order valence-corrected chi connectivity index (χ4v) is 12.6. The van der Waals surface area contributed by atoms with E-state index in [1.165, 1.54) is 97.6 Å². The molecule has 2 heterocycles. The highest BCUT2D eigenvalue weighted by molar-refractivity contribution is 9.10. The maximum absolute atomic E-state index is 3.50. The third-order valence-corrected chi connectivity index (χ3v) is 16.6. The van der Waals surface area contributed by atoms with Crippen molar-refractivity contribution >= 4 is 87.7 Å². The van der Waals surface area contributed by atoms with Gasteiger partial charge in [0.05, 0.1) is 16.7 Å². The normalized spacial score (nSPS) is 12.4. The first kappa shape index (κ1) is 44.6. The third kappa shape index (κ3) is 7.95. The Bertz CT molecular complexity index is 4180. The largest absolute Gasteiger partial charge is 0.310 e. The van der Waals surface area contributed by atoms with Crippen molar-refractivity contribution in [2.75, 3.05) is 4.90 Å². The van der Waals surface area contributed by atoms with Gasteiger partial charge in [-0.3, -0.25) is 0 Å².